The number of hydrogen-bond acceptors (Lipinski definition) is 2. The van der Waals surface area contributed by atoms with Crippen LogP contribution in [-0.4, -0.2) is 19.6 Å². The highest BCUT2D eigenvalue weighted by molar-refractivity contribution is 8.98. The lowest BCUT2D eigenvalue weighted by molar-refractivity contribution is 2.30. The van der Waals surface area contributed by atoms with Crippen LogP contribution in [0.25, 0.3) is 0 Å². The summed E-state index contributed by atoms with van der Waals surface area (Å²) in [6, 6.07) is 0. The Balaban J connectivity index is 2.63. The standard InChI is InChI=1S/C3H9PS2/c1-4(2)6-5-3/h1-3H3. The predicted molar refractivity (Wildman–Crippen MR) is 39.9 cm³/mol. The molecule has 0 fully saturated rings. The Bertz CT molecular complexity index is 30.0. The van der Waals surface area contributed by atoms with Crippen molar-refractivity contribution in [2.75, 3.05) is 19.6 Å². The Morgan fingerprint density at radius 2 is 1.83 bits per heavy atom. The maximum atomic E-state index is 2.26. The summed E-state index contributed by atoms with van der Waals surface area (Å²) in [6.45, 7) is 4.52. The molecule has 0 aromatic rings. The van der Waals surface area contributed by atoms with Crippen molar-refractivity contribution >= 4 is 28.3 Å². The highest BCUT2D eigenvalue weighted by Crippen LogP contribution is 2.48. The molecule has 38 valence electrons. The molecule has 0 aliphatic carbocycles. The number of hydrogen-bond donors (Lipinski definition) is 0. The summed E-state index contributed by atoms with van der Waals surface area (Å²) >= 11 is 0. The molecule has 0 radical (unpaired) electrons. The van der Waals surface area contributed by atoms with Crippen molar-refractivity contribution in [2.24, 2.45) is 0 Å². The Labute approximate surface area is 48.4 Å². The number of rotatable bonds is 2. The average Bonchev–Trinajstić information content (AvgIpc) is 1.35. The largest absolute Gasteiger partial charge is 0.0931 e. The van der Waals surface area contributed by atoms with Gasteiger partial charge in [-0.3, -0.25) is 0 Å². The van der Waals surface area contributed by atoms with Gasteiger partial charge in [0.05, 0.1) is 0 Å². The molecule has 0 amide bonds. The van der Waals surface area contributed by atoms with Crippen LogP contribution in [0.5, 0.6) is 0 Å². The van der Waals surface area contributed by atoms with Crippen LogP contribution < -0.4 is 0 Å². The highest BCUT2D eigenvalue weighted by Gasteiger charge is 1.85. The topological polar surface area (TPSA) is 0 Å². The first-order valence-electron chi connectivity index (χ1n) is 1.65. The predicted octanol–water partition coefficient (Wildman–Crippen LogP) is 2.65. The Morgan fingerprint density at radius 3 is 1.83 bits per heavy atom. The normalized spacial score (nSPS) is 10.0. The van der Waals surface area contributed by atoms with Crippen LogP contribution in [0.1, 0.15) is 0 Å². The second-order valence-electron chi connectivity index (χ2n) is 1.05. The molecule has 0 spiro atoms. The summed E-state index contributed by atoms with van der Waals surface area (Å²) in [5.74, 6) is 0. The third kappa shape index (κ3) is 5.13. The van der Waals surface area contributed by atoms with Gasteiger partial charge in [0.15, 0.2) is 0 Å². The minimum atomic E-state index is 0.279. The molecule has 0 aliphatic rings. The van der Waals surface area contributed by atoms with E-state index in [9.17, 15) is 0 Å². The zero-order valence-electron chi connectivity index (χ0n) is 4.26. The van der Waals surface area contributed by atoms with Crippen LogP contribution >= 0.6 is 28.3 Å². The third-order valence-electron chi connectivity index (χ3n) is 0.224. The van der Waals surface area contributed by atoms with Gasteiger partial charge in [-0.05, 0) is 26.7 Å². The smallest absolute Gasteiger partial charge is 0.00759 e. The van der Waals surface area contributed by atoms with Crippen LogP contribution in [0.2, 0.25) is 0 Å². The molecule has 0 aromatic carbocycles. The van der Waals surface area contributed by atoms with E-state index in [0.717, 1.165) is 0 Å². The van der Waals surface area contributed by atoms with E-state index >= 15 is 0 Å². The molecule has 0 unspecified atom stereocenters. The molecule has 0 nitrogen and oxygen atoms in total. The second kappa shape index (κ2) is 4.29. The van der Waals surface area contributed by atoms with Gasteiger partial charge in [-0.25, -0.2) is 0 Å². The first-order chi connectivity index (χ1) is 2.77. The van der Waals surface area contributed by atoms with E-state index in [1.807, 2.05) is 21.2 Å². The average molecular weight is 140 g/mol. The van der Waals surface area contributed by atoms with E-state index < -0.39 is 0 Å². The van der Waals surface area contributed by atoms with Crippen LogP contribution in [0, 0.1) is 0 Å². The molecule has 3 heteroatoms. The molecule has 0 bridgehead atoms. The zero-order valence-corrected chi connectivity index (χ0v) is 6.79. The van der Waals surface area contributed by atoms with Crippen LogP contribution in [-0.2, 0) is 0 Å². The monoisotopic (exact) mass is 140 g/mol. The summed E-state index contributed by atoms with van der Waals surface area (Å²) < 4.78 is 0. The van der Waals surface area contributed by atoms with Crippen LogP contribution in [0.15, 0.2) is 0 Å². The van der Waals surface area contributed by atoms with Crippen LogP contribution in [0.4, 0.5) is 0 Å². The van der Waals surface area contributed by atoms with Crippen molar-refractivity contribution in [1.82, 2.24) is 0 Å². The Kier molecular flexibility index (Phi) is 5.10. The highest BCUT2D eigenvalue weighted by atomic mass is 33.3. The lowest BCUT2D eigenvalue weighted by Gasteiger charge is -1.95. The summed E-state index contributed by atoms with van der Waals surface area (Å²) in [5, 5.41) is 0. The fraction of sp³-hybridized carbons (Fsp3) is 1.00. The molecule has 0 N–H and O–H groups in total. The lowest BCUT2D eigenvalue weighted by atomic mass is 11.9. The van der Waals surface area contributed by atoms with E-state index in [2.05, 4.69) is 19.6 Å². The summed E-state index contributed by atoms with van der Waals surface area (Å²) in [4.78, 5) is 0. The van der Waals surface area contributed by atoms with Gasteiger partial charge in [-0.2, -0.15) is 0 Å². The van der Waals surface area contributed by atoms with Crippen molar-refractivity contribution in [1.29, 1.82) is 0 Å². The maximum absolute atomic E-state index is 2.26. The summed E-state index contributed by atoms with van der Waals surface area (Å²) in [7, 11) is 4.10. The van der Waals surface area contributed by atoms with E-state index in [-0.39, 0.29) is 7.12 Å². The van der Waals surface area contributed by atoms with Crippen molar-refractivity contribution in [2.45, 2.75) is 0 Å². The van der Waals surface area contributed by atoms with E-state index in [4.69, 9.17) is 0 Å². The molecule has 0 aromatic heterocycles. The zero-order chi connectivity index (χ0) is 4.99. The van der Waals surface area contributed by atoms with Crippen molar-refractivity contribution in [3.63, 3.8) is 0 Å². The minimum Gasteiger partial charge on any atom is -0.0931 e. The summed E-state index contributed by atoms with van der Waals surface area (Å²) in [6.07, 6.45) is 2.12. The minimum absolute atomic E-state index is 0.279. The molecule has 0 aliphatic heterocycles. The fourth-order valence-corrected chi connectivity index (χ4v) is 4.02. The van der Waals surface area contributed by atoms with Gasteiger partial charge in [0.1, 0.15) is 0 Å². The van der Waals surface area contributed by atoms with Gasteiger partial charge in [0.2, 0.25) is 0 Å². The first kappa shape index (κ1) is 7.13. The van der Waals surface area contributed by atoms with Gasteiger partial charge in [-0.1, -0.05) is 21.2 Å². The van der Waals surface area contributed by atoms with E-state index in [0.29, 0.717) is 0 Å². The Hall–Kier alpha value is 1.13. The molecule has 0 saturated carbocycles. The quantitative estimate of drug-likeness (QED) is 0.427. The first-order valence-corrected chi connectivity index (χ1v) is 7.05. The molecule has 6 heavy (non-hydrogen) atoms. The third-order valence-corrected chi connectivity index (χ3v) is 6.04. The molecule has 0 heterocycles. The van der Waals surface area contributed by atoms with Gasteiger partial charge in [0.25, 0.3) is 0 Å². The van der Waals surface area contributed by atoms with Crippen molar-refractivity contribution in [3.05, 3.63) is 0 Å². The van der Waals surface area contributed by atoms with Crippen molar-refractivity contribution in [3.8, 4) is 0 Å². The SMILES string of the molecule is CSSP(C)C. The lowest BCUT2D eigenvalue weighted by Crippen LogP contribution is -1.46. The molecular formula is C3H9PS2. The summed E-state index contributed by atoms with van der Waals surface area (Å²) in [5.41, 5.74) is 0. The molecule has 0 saturated heterocycles. The molecule has 0 rings (SSSR count). The van der Waals surface area contributed by atoms with E-state index in [1.54, 1.807) is 0 Å². The molecule has 0 atom stereocenters. The van der Waals surface area contributed by atoms with Gasteiger partial charge >= 0.3 is 0 Å². The van der Waals surface area contributed by atoms with E-state index in [1.165, 1.54) is 0 Å². The van der Waals surface area contributed by atoms with Gasteiger partial charge in [-0.15, -0.1) is 0 Å². The van der Waals surface area contributed by atoms with Crippen molar-refractivity contribution < 1.29 is 0 Å². The maximum Gasteiger partial charge on any atom is -0.00759 e. The second-order valence-corrected chi connectivity index (χ2v) is 8.14. The van der Waals surface area contributed by atoms with Gasteiger partial charge < -0.3 is 0 Å². The Morgan fingerprint density at radius 1 is 1.33 bits per heavy atom. The van der Waals surface area contributed by atoms with Crippen LogP contribution in [0.3, 0.4) is 0 Å². The molecular weight excluding hydrogens is 131 g/mol. The van der Waals surface area contributed by atoms with Gasteiger partial charge in [0, 0.05) is 0 Å². The fourth-order valence-electron chi connectivity index (χ4n) is 0.149.